The fraction of sp³-hybridized carbons (Fsp3) is 0.455. The number of benzene rings is 1. The number of nitrogens with two attached hydrogens (primary N) is 1. The molecule has 0 unspecified atom stereocenters. The van der Waals surface area contributed by atoms with Gasteiger partial charge in [0, 0.05) is 13.2 Å². The Morgan fingerprint density at radius 3 is 2.38 bits per heavy atom. The third-order valence-electron chi connectivity index (χ3n) is 2.22. The van der Waals surface area contributed by atoms with Crippen LogP contribution in [0.3, 0.4) is 0 Å². The first-order valence-corrected chi connectivity index (χ1v) is 6.85. The van der Waals surface area contributed by atoms with E-state index in [0.717, 1.165) is 5.56 Å². The molecule has 0 atom stereocenters. The molecule has 0 spiro atoms. The van der Waals surface area contributed by atoms with Gasteiger partial charge in [0.25, 0.3) is 0 Å². The quantitative estimate of drug-likeness (QED) is 0.755. The van der Waals surface area contributed by atoms with Gasteiger partial charge in [-0.3, -0.25) is 0 Å². The van der Waals surface area contributed by atoms with Crippen LogP contribution < -0.4 is 5.73 Å². The Bertz CT molecular complexity index is 411. The van der Waals surface area contributed by atoms with Crippen molar-refractivity contribution < 1.29 is 13.2 Å². The van der Waals surface area contributed by atoms with Crippen LogP contribution in [0, 0.1) is 0 Å². The summed E-state index contributed by atoms with van der Waals surface area (Å²) in [5, 5.41) is 0. The summed E-state index contributed by atoms with van der Waals surface area (Å²) in [6, 6.07) is 6.63. The first kappa shape index (κ1) is 13.2. The van der Waals surface area contributed by atoms with Crippen molar-refractivity contribution in [2.24, 2.45) is 5.73 Å². The van der Waals surface area contributed by atoms with E-state index in [4.69, 9.17) is 10.5 Å². The van der Waals surface area contributed by atoms with Crippen LogP contribution in [-0.2, 0) is 21.1 Å². The number of hydrogen-bond acceptors (Lipinski definition) is 4. The third-order valence-corrected chi connectivity index (χ3v) is 3.91. The number of sulfone groups is 1. The van der Waals surface area contributed by atoms with Crippen LogP contribution in [0.1, 0.15) is 12.5 Å². The zero-order valence-electron chi connectivity index (χ0n) is 9.35. The highest BCUT2D eigenvalue weighted by Crippen LogP contribution is 2.12. The van der Waals surface area contributed by atoms with E-state index in [1.165, 1.54) is 0 Å². The molecule has 0 bridgehead atoms. The second-order valence-electron chi connectivity index (χ2n) is 3.36. The molecule has 0 saturated heterocycles. The lowest BCUT2D eigenvalue weighted by molar-refractivity contribution is 0.163. The molecule has 1 aromatic carbocycles. The van der Waals surface area contributed by atoms with Gasteiger partial charge in [-0.25, -0.2) is 8.42 Å². The molecule has 0 amide bonds. The number of rotatable bonds is 6. The normalized spacial score (nSPS) is 11.6. The molecule has 0 aromatic heterocycles. The molecule has 2 N–H and O–H groups in total. The minimum absolute atomic E-state index is 0.0167. The predicted octanol–water partition coefficient (Wildman–Crippen LogP) is 0.956. The van der Waals surface area contributed by atoms with E-state index in [2.05, 4.69) is 0 Å². The van der Waals surface area contributed by atoms with Crippen molar-refractivity contribution in [2.45, 2.75) is 18.4 Å². The van der Waals surface area contributed by atoms with E-state index in [1.807, 2.05) is 6.92 Å². The Labute approximate surface area is 96.3 Å². The maximum absolute atomic E-state index is 11.8. The molecule has 90 valence electrons. The highest BCUT2D eigenvalue weighted by atomic mass is 32.2. The van der Waals surface area contributed by atoms with Crippen LogP contribution in [0.2, 0.25) is 0 Å². The molecule has 0 aliphatic rings. The van der Waals surface area contributed by atoms with Gasteiger partial charge in [0.05, 0.1) is 17.3 Å². The Kier molecular flexibility index (Phi) is 4.92. The smallest absolute Gasteiger partial charge is 0.180 e. The molecule has 0 radical (unpaired) electrons. The summed E-state index contributed by atoms with van der Waals surface area (Å²) >= 11 is 0. The molecule has 0 heterocycles. The van der Waals surface area contributed by atoms with E-state index < -0.39 is 9.84 Å². The summed E-state index contributed by atoms with van der Waals surface area (Å²) in [5.74, 6) is 0.0167. The fourth-order valence-electron chi connectivity index (χ4n) is 1.26. The van der Waals surface area contributed by atoms with E-state index in [0.29, 0.717) is 18.0 Å². The lowest BCUT2D eigenvalue weighted by atomic mass is 10.2. The van der Waals surface area contributed by atoms with Crippen LogP contribution in [0.4, 0.5) is 0 Å². The largest absolute Gasteiger partial charge is 0.381 e. The minimum atomic E-state index is -3.22. The van der Waals surface area contributed by atoms with Crippen molar-refractivity contribution in [3.8, 4) is 0 Å². The minimum Gasteiger partial charge on any atom is -0.381 e. The van der Waals surface area contributed by atoms with Gasteiger partial charge in [-0.1, -0.05) is 12.1 Å². The van der Waals surface area contributed by atoms with Crippen LogP contribution in [-0.4, -0.2) is 27.4 Å². The van der Waals surface area contributed by atoms with E-state index in [9.17, 15) is 8.42 Å². The van der Waals surface area contributed by atoms with Gasteiger partial charge >= 0.3 is 0 Å². The van der Waals surface area contributed by atoms with Gasteiger partial charge < -0.3 is 10.5 Å². The van der Waals surface area contributed by atoms with Crippen molar-refractivity contribution in [3.05, 3.63) is 29.8 Å². The Hall–Kier alpha value is -0.910. The lowest BCUT2D eigenvalue weighted by Gasteiger charge is -2.05. The zero-order chi connectivity index (χ0) is 12.0. The Morgan fingerprint density at radius 1 is 1.25 bits per heavy atom. The maximum Gasteiger partial charge on any atom is 0.180 e. The number of ether oxygens (including phenoxy) is 1. The summed E-state index contributed by atoms with van der Waals surface area (Å²) in [6.45, 7) is 3.01. The van der Waals surface area contributed by atoms with E-state index in [-0.39, 0.29) is 12.4 Å². The molecule has 0 aliphatic heterocycles. The Balaban J connectivity index is 2.74. The van der Waals surface area contributed by atoms with Gasteiger partial charge in [0.1, 0.15) is 0 Å². The lowest BCUT2D eigenvalue weighted by Crippen LogP contribution is -2.12. The summed E-state index contributed by atoms with van der Waals surface area (Å²) < 4.78 is 28.6. The molecule has 16 heavy (non-hydrogen) atoms. The van der Waals surface area contributed by atoms with Crippen molar-refractivity contribution in [1.29, 1.82) is 0 Å². The molecule has 1 aromatic rings. The van der Waals surface area contributed by atoms with E-state index in [1.54, 1.807) is 24.3 Å². The predicted molar refractivity (Wildman–Crippen MR) is 62.9 cm³/mol. The average molecular weight is 243 g/mol. The third kappa shape index (κ3) is 3.59. The number of hydrogen-bond donors (Lipinski definition) is 1. The van der Waals surface area contributed by atoms with Crippen molar-refractivity contribution in [2.75, 3.05) is 19.0 Å². The first-order valence-electron chi connectivity index (χ1n) is 5.19. The summed E-state index contributed by atoms with van der Waals surface area (Å²) in [7, 11) is -3.22. The van der Waals surface area contributed by atoms with Gasteiger partial charge in [-0.15, -0.1) is 0 Å². The topological polar surface area (TPSA) is 69.4 Å². The van der Waals surface area contributed by atoms with Crippen LogP contribution in [0.25, 0.3) is 0 Å². The molecule has 1 rings (SSSR count). The highest BCUT2D eigenvalue weighted by molar-refractivity contribution is 7.91. The summed E-state index contributed by atoms with van der Waals surface area (Å²) in [6.07, 6.45) is 0. The monoisotopic (exact) mass is 243 g/mol. The molecule has 0 fully saturated rings. The molecule has 0 saturated carbocycles. The fourth-order valence-corrected chi connectivity index (χ4v) is 2.39. The molecule has 0 aliphatic carbocycles. The van der Waals surface area contributed by atoms with Crippen LogP contribution in [0.5, 0.6) is 0 Å². The van der Waals surface area contributed by atoms with Crippen LogP contribution in [0.15, 0.2) is 29.2 Å². The van der Waals surface area contributed by atoms with Gasteiger partial charge in [-0.2, -0.15) is 0 Å². The standard InChI is InChI=1S/C11H17NO3S/c1-2-15-7-8-16(13,14)11-5-3-10(9-12)4-6-11/h3-6H,2,7-9,12H2,1H3. The van der Waals surface area contributed by atoms with Crippen LogP contribution >= 0.6 is 0 Å². The van der Waals surface area contributed by atoms with Gasteiger partial charge in [0.15, 0.2) is 9.84 Å². The molecular weight excluding hydrogens is 226 g/mol. The average Bonchev–Trinajstić information content (AvgIpc) is 2.29. The molecular formula is C11H17NO3S. The Morgan fingerprint density at radius 2 is 1.88 bits per heavy atom. The zero-order valence-corrected chi connectivity index (χ0v) is 10.2. The van der Waals surface area contributed by atoms with Crippen molar-refractivity contribution in [3.63, 3.8) is 0 Å². The SMILES string of the molecule is CCOCCS(=O)(=O)c1ccc(CN)cc1. The molecule has 4 nitrogen and oxygen atoms in total. The summed E-state index contributed by atoms with van der Waals surface area (Å²) in [4.78, 5) is 0.324. The van der Waals surface area contributed by atoms with Gasteiger partial charge in [-0.05, 0) is 24.6 Å². The molecule has 5 heteroatoms. The van der Waals surface area contributed by atoms with Gasteiger partial charge in [0.2, 0.25) is 0 Å². The first-order chi connectivity index (χ1) is 7.60. The van der Waals surface area contributed by atoms with E-state index >= 15 is 0 Å². The van der Waals surface area contributed by atoms with Crippen molar-refractivity contribution >= 4 is 9.84 Å². The maximum atomic E-state index is 11.8. The second kappa shape index (κ2) is 5.98. The summed E-state index contributed by atoms with van der Waals surface area (Å²) in [5.41, 5.74) is 6.36. The second-order valence-corrected chi connectivity index (χ2v) is 5.47. The van der Waals surface area contributed by atoms with Crippen molar-refractivity contribution in [1.82, 2.24) is 0 Å². The highest BCUT2D eigenvalue weighted by Gasteiger charge is 2.13.